The van der Waals surface area contributed by atoms with E-state index >= 15 is 0 Å². The molecule has 3 atom stereocenters. The van der Waals surface area contributed by atoms with Crippen molar-refractivity contribution in [2.24, 2.45) is 5.92 Å². The Labute approximate surface area is 304 Å². The second kappa shape index (κ2) is 11.4. The van der Waals surface area contributed by atoms with E-state index in [1.165, 1.54) is 88.1 Å². The van der Waals surface area contributed by atoms with E-state index in [1.54, 1.807) is 0 Å². The molecular weight excluding hydrogens is 635 g/mol. The Morgan fingerprint density at radius 3 is 2.43 bits per heavy atom. The molecule has 11 rings (SSSR count). The molecule has 1 heterocycles. The zero-order valence-corrected chi connectivity index (χ0v) is 28.8. The van der Waals surface area contributed by atoms with Gasteiger partial charge in [0.1, 0.15) is 0 Å². The van der Waals surface area contributed by atoms with Crippen LogP contribution in [-0.4, -0.2) is 0 Å². The van der Waals surface area contributed by atoms with E-state index in [0.717, 1.165) is 12.8 Å². The van der Waals surface area contributed by atoms with E-state index in [9.17, 15) is 0 Å². The molecule has 6 aliphatic rings. The molecule has 5 aromatic rings. The van der Waals surface area contributed by atoms with Gasteiger partial charge in [0.15, 0.2) is 0 Å². The molecule has 240 valence electrons. The first kappa shape index (κ1) is 29.0. The monoisotopic (exact) mass is 667 g/mol. The van der Waals surface area contributed by atoms with E-state index in [2.05, 4.69) is 169 Å². The lowest BCUT2D eigenvalue weighted by Crippen LogP contribution is -2.19. The Morgan fingerprint density at radius 2 is 1.53 bits per heavy atom. The highest BCUT2D eigenvalue weighted by Gasteiger charge is 2.38. The lowest BCUT2D eigenvalue weighted by molar-refractivity contribution is 0.679. The fraction of sp³-hybridized carbons (Fsp3) is 0.102. The number of allylic oxidation sites excluding steroid dienone is 14. The van der Waals surface area contributed by atoms with E-state index in [0.29, 0.717) is 17.8 Å². The van der Waals surface area contributed by atoms with Gasteiger partial charge in [-0.1, -0.05) is 127 Å². The number of benzene rings is 4. The molecule has 0 amide bonds. The van der Waals surface area contributed by atoms with Crippen molar-refractivity contribution in [2.45, 2.75) is 29.6 Å². The molecule has 0 aromatic heterocycles. The third kappa shape index (κ3) is 4.45. The van der Waals surface area contributed by atoms with Crippen molar-refractivity contribution < 1.29 is 0 Å². The van der Waals surface area contributed by atoms with Crippen LogP contribution in [0.1, 0.15) is 46.9 Å². The number of nitrogens with zero attached hydrogens (tertiary/aromatic N) is 1. The van der Waals surface area contributed by atoms with Crippen molar-refractivity contribution in [1.29, 1.82) is 0 Å². The van der Waals surface area contributed by atoms with E-state index < -0.39 is 0 Å². The Kier molecular flexibility index (Phi) is 6.48. The Balaban J connectivity index is 1.01. The van der Waals surface area contributed by atoms with Gasteiger partial charge in [-0.15, -0.1) is 0 Å². The molecule has 6 bridgehead atoms. The highest BCUT2D eigenvalue weighted by atomic mass is 32.2. The second-order valence-corrected chi connectivity index (χ2v) is 15.2. The minimum atomic E-state index is 0.331. The van der Waals surface area contributed by atoms with Gasteiger partial charge >= 0.3 is 0 Å². The molecule has 1 nitrogen and oxygen atoms in total. The molecule has 0 saturated carbocycles. The predicted molar refractivity (Wildman–Crippen MR) is 213 cm³/mol. The summed E-state index contributed by atoms with van der Waals surface area (Å²) in [5.41, 5.74) is 18.7. The van der Waals surface area contributed by atoms with Crippen LogP contribution >= 0.6 is 11.8 Å². The number of fused-ring (bicyclic) bond motifs is 7. The topological polar surface area (TPSA) is 3.24 Å². The summed E-state index contributed by atoms with van der Waals surface area (Å²) in [6.45, 7) is 0. The summed E-state index contributed by atoms with van der Waals surface area (Å²) < 4.78 is 0. The largest absolute Gasteiger partial charge is 0.314 e. The van der Waals surface area contributed by atoms with E-state index in [1.807, 2.05) is 17.8 Å². The summed E-state index contributed by atoms with van der Waals surface area (Å²) in [5, 5.41) is 0. The summed E-state index contributed by atoms with van der Waals surface area (Å²) in [5.74, 6) is 1.03. The number of para-hydroxylation sites is 1. The highest BCUT2D eigenvalue weighted by molar-refractivity contribution is 8.03. The van der Waals surface area contributed by atoms with Gasteiger partial charge in [-0.3, -0.25) is 0 Å². The quantitative estimate of drug-likeness (QED) is 0.188. The zero-order chi connectivity index (χ0) is 33.5. The van der Waals surface area contributed by atoms with E-state index in [-0.39, 0.29) is 0 Å². The summed E-state index contributed by atoms with van der Waals surface area (Å²) in [7, 11) is 0. The van der Waals surface area contributed by atoms with Gasteiger partial charge in [-0.2, -0.15) is 0 Å². The van der Waals surface area contributed by atoms with Crippen LogP contribution in [0.25, 0.3) is 33.4 Å². The Bertz CT molecular complexity index is 2500. The fourth-order valence-electron chi connectivity index (χ4n) is 9.21. The van der Waals surface area contributed by atoms with Crippen LogP contribution < -0.4 is 4.90 Å². The number of thioether (sulfide) groups is 1. The summed E-state index contributed by atoms with van der Waals surface area (Å²) in [6, 6.07) is 44.8. The normalized spacial score (nSPS) is 21.2. The third-order valence-corrected chi connectivity index (χ3v) is 12.7. The smallest absolute Gasteiger partial charge is 0.0660 e. The molecule has 0 saturated heterocycles. The predicted octanol–water partition coefficient (Wildman–Crippen LogP) is 12.8. The fourth-order valence-corrected chi connectivity index (χ4v) is 10.4. The third-order valence-electron chi connectivity index (χ3n) is 11.5. The lowest BCUT2D eigenvalue weighted by atomic mass is 9.73. The first-order chi connectivity index (χ1) is 25.3. The maximum Gasteiger partial charge on any atom is 0.0660 e. The SMILES string of the molecule is c1ccc2c(c#1)SC1=CC=C(N(c3ccccc3)c3ccc(-c4ccc5c(c4)C4=C6C=CCC=C4c4cccc-5c4C4C=CC=CC64)cc3)CC12. The van der Waals surface area contributed by atoms with Gasteiger partial charge in [0.2, 0.25) is 0 Å². The van der Waals surface area contributed by atoms with Gasteiger partial charge in [0.25, 0.3) is 0 Å². The van der Waals surface area contributed by atoms with E-state index in [4.69, 9.17) is 0 Å². The highest BCUT2D eigenvalue weighted by Crippen LogP contribution is 2.57. The molecule has 51 heavy (non-hydrogen) atoms. The molecule has 0 spiro atoms. The van der Waals surface area contributed by atoms with Crippen LogP contribution in [0, 0.1) is 18.1 Å². The van der Waals surface area contributed by atoms with Crippen molar-refractivity contribution >= 4 is 34.3 Å². The first-order valence-corrected chi connectivity index (χ1v) is 18.8. The van der Waals surface area contributed by atoms with Crippen LogP contribution in [-0.2, 0) is 0 Å². The summed E-state index contributed by atoms with van der Waals surface area (Å²) in [4.78, 5) is 5.05. The molecule has 5 aliphatic carbocycles. The minimum Gasteiger partial charge on any atom is -0.314 e. The van der Waals surface area contributed by atoms with Crippen molar-refractivity contribution in [3.63, 3.8) is 0 Å². The maximum atomic E-state index is 3.34. The Hall–Kier alpha value is -5.75. The van der Waals surface area contributed by atoms with Gasteiger partial charge in [-0.05, 0) is 134 Å². The van der Waals surface area contributed by atoms with Crippen LogP contribution in [0.2, 0.25) is 0 Å². The molecule has 2 heteroatoms. The first-order valence-electron chi connectivity index (χ1n) is 18.0. The number of rotatable bonds is 4. The summed E-state index contributed by atoms with van der Waals surface area (Å²) in [6.07, 6.45) is 23.1. The molecular formula is C49H33NS. The molecule has 0 radical (unpaired) electrons. The van der Waals surface area contributed by atoms with Gasteiger partial charge in [0.05, 0.1) is 4.90 Å². The van der Waals surface area contributed by atoms with Crippen molar-refractivity contribution in [2.75, 3.05) is 4.90 Å². The minimum absolute atomic E-state index is 0.331. The molecule has 1 aliphatic heterocycles. The molecule has 0 N–H and O–H groups in total. The van der Waals surface area contributed by atoms with Gasteiger partial charge in [0, 0.05) is 34.8 Å². The molecule has 5 aromatic carbocycles. The number of hydrogen-bond donors (Lipinski definition) is 0. The van der Waals surface area contributed by atoms with Crippen LogP contribution in [0.4, 0.5) is 11.4 Å². The lowest BCUT2D eigenvalue weighted by Gasteiger charge is -2.31. The molecule has 3 unspecified atom stereocenters. The van der Waals surface area contributed by atoms with Crippen molar-refractivity contribution in [3.8, 4) is 22.3 Å². The van der Waals surface area contributed by atoms with Crippen LogP contribution in [0.3, 0.4) is 0 Å². The maximum absolute atomic E-state index is 3.34. The van der Waals surface area contributed by atoms with Crippen molar-refractivity contribution in [3.05, 3.63) is 208 Å². The summed E-state index contributed by atoms with van der Waals surface area (Å²) >= 11 is 1.84. The van der Waals surface area contributed by atoms with Crippen LogP contribution in [0.15, 0.2) is 179 Å². The van der Waals surface area contributed by atoms with Crippen molar-refractivity contribution in [1.82, 2.24) is 0 Å². The van der Waals surface area contributed by atoms with Crippen LogP contribution in [0.5, 0.6) is 0 Å². The van der Waals surface area contributed by atoms with Gasteiger partial charge in [-0.25, -0.2) is 0 Å². The zero-order valence-electron chi connectivity index (χ0n) is 28.0. The molecule has 0 fully saturated rings. The Morgan fingerprint density at radius 1 is 0.706 bits per heavy atom. The van der Waals surface area contributed by atoms with Gasteiger partial charge < -0.3 is 4.90 Å². The average molecular weight is 668 g/mol. The standard InChI is InChI=1S/C49H33NS/c1-2-11-33(12-3-1)50(35-26-28-47-44(30-35)38-14-8-9-20-46(38)51-47)34-24-21-31(22-25-34)32-23-27-37-41-18-10-19-43-42-17-7-6-16-40(49(42)45(37)29-32)36-13-4-5-15-39(36)48(41)43/h1-6,8,10-19,21-29,36,39,44H,7,30H2. The average Bonchev–Trinajstić information content (AvgIpc) is 3.31. The number of anilines is 2. The number of hydrogen-bond acceptors (Lipinski definition) is 2. The second-order valence-electron chi connectivity index (χ2n) is 14.1.